The van der Waals surface area contributed by atoms with E-state index in [-0.39, 0.29) is 5.03 Å². The molecule has 0 aliphatic rings. The highest BCUT2D eigenvalue weighted by molar-refractivity contribution is 7.99. The number of thioether (sulfide) groups is 1. The summed E-state index contributed by atoms with van der Waals surface area (Å²) in [5.41, 5.74) is 0. The van der Waals surface area contributed by atoms with Crippen molar-refractivity contribution in [1.29, 1.82) is 0 Å². The third-order valence-electron chi connectivity index (χ3n) is 2.01. The smallest absolute Gasteiger partial charge is 0.257 e. The van der Waals surface area contributed by atoms with Gasteiger partial charge in [0.2, 0.25) is 0 Å². The van der Waals surface area contributed by atoms with Crippen molar-refractivity contribution in [3.05, 3.63) is 12.3 Å². The lowest BCUT2D eigenvalue weighted by Gasteiger charge is -2.08. The quantitative estimate of drug-likeness (QED) is 0.783. The van der Waals surface area contributed by atoms with Crippen molar-refractivity contribution in [1.82, 2.24) is 14.9 Å². The number of hydrogen-bond acceptors (Lipinski definition) is 4. The van der Waals surface area contributed by atoms with Crippen LogP contribution in [0.4, 0.5) is 0 Å². The highest BCUT2D eigenvalue weighted by Crippen LogP contribution is 2.09. The van der Waals surface area contributed by atoms with E-state index in [1.807, 2.05) is 6.26 Å². The highest BCUT2D eigenvalue weighted by atomic mass is 32.2. The van der Waals surface area contributed by atoms with Crippen molar-refractivity contribution in [3.8, 4) is 0 Å². The molecule has 0 amide bonds. The Bertz CT molecular complexity index is 375. The zero-order valence-electron chi connectivity index (χ0n) is 8.73. The van der Waals surface area contributed by atoms with Gasteiger partial charge in [0.05, 0.1) is 6.20 Å². The van der Waals surface area contributed by atoms with E-state index in [0.29, 0.717) is 11.8 Å². The van der Waals surface area contributed by atoms with Gasteiger partial charge in [0.1, 0.15) is 0 Å². The molecule has 86 valence electrons. The fourth-order valence-corrected chi connectivity index (χ4v) is 2.29. The summed E-state index contributed by atoms with van der Waals surface area (Å²) in [6, 6.07) is 1.43. The summed E-state index contributed by atoms with van der Waals surface area (Å²) in [6.07, 6.45) is 4.24. The van der Waals surface area contributed by atoms with Gasteiger partial charge in [0.15, 0.2) is 5.03 Å². The van der Waals surface area contributed by atoms with E-state index in [0.717, 1.165) is 6.42 Å². The first-order valence-corrected chi connectivity index (χ1v) is 7.35. The normalized spacial score (nSPS) is 14.0. The minimum absolute atomic E-state index is 0.110. The Labute approximate surface area is 94.1 Å². The second-order valence-electron chi connectivity index (χ2n) is 3.15. The molecule has 0 saturated heterocycles. The average molecular weight is 249 g/mol. The number of nitrogens with one attached hydrogen (secondary N) is 2. The van der Waals surface area contributed by atoms with Crippen molar-refractivity contribution < 1.29 is 8.42 Å². The molecule has 1 aromatic rings. The molecule has 0 aliphatic carbocycles. The molecule has 1 aromatic heterocycles. The minimum atomic E-state index is -3.40. The summed E-state index contributed by atoms with van der Waals surface area (Å²) >= 11 is 1.72. The summed E-state index contributed by atoms with van der Waals surface area (Å²) in [4.78, 5) is 0. The Balaban J connectivity index is 2.45. The molecule has 5 nitrogen and oxygen atoms in total. The summed E-state index contributed by atoms with van der Waals surface area (Å²) in [5, 5.41) is 6.59. The maximum absolute atomic E-state index is 11.6. The molecule has 0 spiro atoms. The lowest BCUT2D eigenvalue weighted by molar-refractivity contribution is 0.574. The molecule has 1 rings (SSSR count). The van der Waals surface area contributed by atoms with Crippen molar-refractivity contribution in [2.75, 3.05) is 12.8 Å². The lowest BCUT2D eigenvalue weighted by Crippen LogP contribution is -2.26. The number of H-pyrrole nitrogens is 1. The van der Waals surface area contributed by atoms with Crippen molar-refractivity contribution in [3.63, 3.8) is 0 Å². The van der Waals surface area contributed by atoms with Gasteiger partial charge >= 0.3 is 0 Å². The SMILES string of the molecule is CSC(C)CCNS(=O)(=O)c1ccn[nH]1. The van der Waals surface area contributed by atoms with Gasteiger partial charge < -0.3 is 0 Å². The number of aromatic amines is 1. The summed E-state index contributed by atoms with van der Waals surface area (Å²) in [6.45, 7) is 2.51. The van der Waals surface area contributed by atoms with Crippen LogP contribution >= 0.6 is 11.8 Å². The van der Waals surface area contributed by atoms with Gasteiger partial charge in [-0.3, -0.25) is 5.10 Å². The van der Waals surface area contributed by atoms with Gasteiger partial charge in [0, 0.05) is 11.8 Å². The van der Waals surface area contributed by atoms with Crippen LogP contribution in [0.15, 0.2) is 17.3 Å². The van der Waals surface area contributed by atoms with Crippen LogP contribution in [0.1, 0.15) is 13.3 Å². The van der Waals surface area contributed by atoms with E-state index in [4.69, 9.17) is 0 Å². The molecule has 1 heterocycles. The highest BCUT2D eigenvalue weighted by Gasteiger charge is 2.14. The topological polar surface area (TPSA) is 74.8 Å². The molecular weight excluding hydrogens is 234 g/mol. The van der Waals surface area contributed by atoms with Crippen molar-refractivity contribution in [2.45, 2.75) is 23.6 Å². The fourth-order valence-electron chi connectivity index (χ4n) is 0.985. The zero-order chi connectivity index (χ0) is 11.3. The van der Waals surface area contributed by atoms with E-state index in [1.165, 1.54) is 12.3 Å². The van der Waals surface area contributed by atoms with Crippen LogP contribution in [0.2, 0.25) is 0 Å². The first-order valence-electron chi connectivity index (χ1n) is 4.58. The molecule has 0 radical (unpaired) electrons. The number of rotatable bonds is 6. The Morgan fingerprint density at radius 2 is 2.40 bits per heavy atom. The van der Waals surface area contributed by atoms with E-state index >= 15 is 0 Å². The molecule has 0 aliphatic heterocycles. The predicted octanol–water partition coefficient (Wildman–Crippen LogP) is 0.830. The van der Waals surface area contributed by atoms with Crippen LogP contribution < -0.4 is 4.72 Å². The van der Waals surface area contributed by atoms with Gasteiger partial charge in [-0.15, -0.1) is 0 Å². The van der Waals surface area contributed by atoms with Gasteiger partial charge in [0.25, 0.3) is 10.0 Å². The lowest BCUT2D eigenvalue weighted by atomic mass is 10.3. The number of hydrogen-bond donors (Lipinski definition) is 2. The first-order chi connectivity index (χ1) is 7.06. The van der Waals surface area contributed by atoms with Crippen molar-refractivity contribution >= 4 is 21.8 Å². The average Bonchev–Trinajstić information content (AvgIpc) is 2.70. The summed E-state index contributed by atoms with van der Waals surface area (Å²) < 4.78 is 25.7. The molecule has 0 fully saturated rings. The third kappa shape index (κ3) is 3.84. The van der Waals surface area contributed by atoms with Crippen LogP contribution in [0.5, 0.6) is 0 Å². The van der Waals surface area contributed by atoms with E-state index in [2.05, 4.69) is 21.8 Å². The zero-order valence-corrected chi connectivity index (χ0v) is 10.4. The molecule has 15 heavy (non-hydrogen) atoms. The van der Waals surface area contributed by atoms with Crippen LogP contribution in [0.25, 0.3) is 0 Å². The maximum Gasteiger partial charge on any atom is 0.257 e. The predicted molar refractivity (Wildman–Crippen MR) is 61.4 cm³/mol. The van der Waals surface area contributed by atoms with E-state index < -0.39 is 10.0 Å². The Morgan fingerprint density at radius 1 is 1.67 bits per heavy atom. The van der Waals surface area contributed by atoms with Gasteiger partial charge in [-0.25, -0.2) is 13.1 Å². The standard InChI is InChI=1S/C8H15N3O2S2/c1-7(14-2)3-6-10-15(12,13)8-4-5-9-11-8/h4-5,7,10H,3,6H2,1-2H3,(H,9,11). The Morgan fingerprint density at radius 3 is 2.93 bits per heavy atom. The summed E-state index contributed by atoms with van der Waals surface area (Å²) in [5.74, 6) is 0. The molecule has 0 bridgehead atoms. The number of sulfonamides is 1. The molecule has 0 saturated carbocycles. The Hall–Kier alpha value is -0.530. The number of nitrogens with zero attached hydrogens (tertiary/aromatic N) is 1. The van der Waals surface area contributed by atoms with E-state index in [1.54, 1.807) is 11.8 Å². The molecule has 0 aromatic carbocycles. The largest absolute Gasteiger partial charge is 0.266 e. The number of aromatic nitrogens is 2. The van der Waals surface area contributed by atoms with E-state index in [9.17, 15) is 8.42 Å². The molecule has 7 heteroatoms. The van der Waals surface area contributed by atoms with Crippen molar-refractivity contribution in [2.24, 2.45) is 0 Å². The van der Waals surface area contributed by atoms with Crippen LogP contribution in [-0.4, -0.2) is 36.7 Å². The molecule has 1 unspecified atom stereocenters. The second-order valence-corrected chi connectivity index (χ2v) is 6.17. The van der Waals surface area contributed by atoms with Gasteiger partial charge in [-0.05, 0) is 18.7 Å². The fraction of sp³-hybridized carbons (Fsp3) is 0.625. The minimum Gasteiger partial charge on any atom is -0.266 e. The molecule has 1 atom stereocenters. The second kappa shape index (κ2) is 5.53. The van der Waals surface area contributed by atoms with Gasteiger partial charge in [-0.1, -0.05) is 6.92 Å². The monoisotopic (exact) mass is 249 g/mol. The molecule has 2 N–H and O–H groups in total. The van der Waals surface area contributed by atoms with Crippen LogP contribution in [0.3, 0.4) is 0 Å². The molecular formula is C8H15N3O2S2. The van der Waals surface area contributed by atoms with Gasteiger partial charge in [-0.2, -0.15) is 16.9 Å². The summed E-state index contributed by atoms with van der Waals surface area (Å²) in [7, 11) is -3.40. The first kappa shape index (κ1) is 12.5. The van der Waals surface area contributed by atoms with Crippen LogP contribution in [0, 0.1) is 0 Å². The Kier molecular flexibility index (Phi) is 4.62. The third-order valence-corrected chi connectivity index (χ3v) is 4.44. The maximum atomic E-state index is 11.6. The van der Waals surface area contributed by atoms with Crippen LogP contribution in [-0.2, 0) is 10.0 Å².